The highest BCUT2D eigenvalue weighted by atomic mass is 32.1. The number of aryl methyl sites for hydroxylation is 3. The van der Waals surface area contributed by atoms with Gasteiger partial charge in [0.15, 0.2) is 5.13 Å². The molecule has 1 N–H and O–H groups in total. The zero-order valence-electron chi connectivity index (χ0n) is 13.8. The molecule has 130 valence electrons. The number of carbonyl (C=O) groups excluding carboxylic acids is 1. The summed E-state index contributed by atoms with van der Waals surface area (Å²) in [6.07, 6.45) is -0.384. The number of anilines is 1. The molecule has 0 spiro atoms. The Labute approximate surface area is 151 Å². The van der Waals surface area contributed by atoms with Gasteiger partial charge in [-0.15, -0.1) is 22.7 Å². The van der Waals surface area contributed by atoms with Crippen molar-refractivity contribution in [2.24, 2.45) is 0 Å². The van der Waals surface area contributed by atoms with Gasteiger partial charge in [-0.2, -0.15) is 0 Å². The van der Waals surface area contributed by atoms with Gasteiger partial charge >= 0.3 is 0 Å². The maximum Gasteiger partial charge on any atom is 0.230 e. The van der Waals surface area contributed by atoms with Crippen molar-refractivity contribution in [3.8, 4) is 10.6 Å². The average molecular weight is 379 g/mol. The fraction of sp³-hybridized carbons (Fsp3) is 0.235. The fourth-order valence-corrected chi connectivity index (χ4v) is 4.30. The molecule has 0 aliphatic rings. The van der Waals surface area contributed by atoms with Crippen molar-refractivity contribution < 1.29 is 13.6 Å². The minimum absolute atomic E-state index is 0.248. The molecule has 4 nitrogen and oxygen atoms in total. The van der Waals surface area contributed by atoms with Gasteiger partial charge in [0, 0.05) is 10.4 Å². The molecular weight excluding hydrogens is 364 g/mol. The third-order valence-corrected chi connectivity index (χ3v) is 5.53. The quantitative estimate of drug-likeness (QED) is 0.718. The van der Waals surface area contributed by atoms with E-state index in [0.717, 1.165) is 38.3 Å². The summed E-state index contributed by atoms with van der Waals surface area (Å²) in [5, 5.41) is 3.97. The van der Waals surface area contributed by atoms with E-state index in [9.17, 15) is 13.6 Å². The standard InChI is InChI=1S/C17H15F2N3OS2/c1-8-16(25-10(3)20-8)15-9(2)24-17(22-15)21-14(23)7-11-12(18)5-4-6-13(11)19/h4-6H,7H2,1-3H3,(H,21,22,23). The Hall–Kier alpha value is -2.19. The van der Waals surface area contributed by atoms with Gasteiger partial charge in [0.1, 0.15) is 11.6 Å². The first-order valence-corrected chi connectivity index (χ1v) is 9.13. The summed E-state index contributed by atoms with van der Waals surface area (Å²) in [4.78, 5) is 22.9. The number of hydrogen-bond donors (Lipinski definition) is 1. The van der Waals surface area contributed by atoms with Crippen molar-refractivity contribution in [3.05, 3.63) is 51.0 Å². The number of nitrogens with one attached hydrogen (secondary N) is 1. The number of halogens is 2. The number of thiazole rings is 2. The zero-order chi connectivity index (χ0) is 18.1. The first-order chi connectivity index (χ1) is 11.8. The molecule has 0 saturated carbocycles. The van der Waals surface area contributed by atoms with Gasteiger partial charge in [0.25, 0.3) is 0 Å². The molecule has 0 fully saturated rings. The number of amides is 1. The van der Waals surface area contributed by atoms with Crippen LogP contribution in [-0.2, 0) is 11.2 Å². The van der Waals surface area contributed by atoms with Crippen molar-refractivity contribution in [1.82, 2.24) is 9.97 Å². The van der Waals surface area contributed by atoms with Crippen LogP contribution in [0.3, 0.4) is 0 Å². The van der Waals surface area contributed by atoms with E-state index < -0.39 is 17.5 Å². The lowest BCUT2D eigenvalue weighted by Crippen LogP contribution is -2.16. The Morgan fingerprint density at radius 1 is 1.12 bits per heavy atom. The molecule has 2 aromatic heterocycles. The zero-order valence-corrected chi connectivity index (χ0v) is 15.4. The largest absolute Gasteiger partial charge is 0.302 e. The Kier molecular flexibility index (Phi) is 4.91. The van der Waals surface area contributed by atoms with Gasteiger partial charge in [-0.1, -0.05) is 6.07 Å². The Bertz CT molecular complexity index is 929. The van der Waals surface area contributed by atoms with Crippen LogP contribution in [0.15, 0.2) is 18.2 Å². The molecule has 3 aromatic rings. The molecule has 2 heterocycles. The predicted octanol–water partition coefficient (Wildman–Crippen LogP) is 4.65. The van der Waals surface area contributed by atoms with Crippen molar-refractivity contribution in [3.63, 3.8) is 0 Å². The summed E-state index contributed by atoms with van der Waals surface area (Å²) in [6, 6.07) is 3.53. The summed E-state index contributed by atoms with van der Waals surface area (Å²) in [7, 11) is 0. The van der Waals surface area contributed by atoms with Crippen molar-refractivity contribution in [2.75, 3.05) is 5.32 Å². The first kappa shape index (κ1) is 17.6. The van der Waals surface area contributed by atoms with Crippen LogP contribution in [0.1, 0.15) is 21.1 Å². The lowest BCUT2D eigenvalue weighted by Gasteiger charge is -2.04. The molecule has 0 saturated heterocycles. The van der Waals surface area contributed by atoms with Crippen LogP contribution in [0.2, 0.25) is 0 Å². The highest BCUT2D eigenvalue weighted by Crippen LogP contribution is 2.35. The fourth-order valence-electron chi connectivity index (χ4n) is 2.44. The summed E-state index contributed by atoms with van der Waals surface area (Å²) in [6.45, 7) is 5.75. The number of benzene rings is 1. The lowest BCUT2D eigenvalue weighted by atomic mass is 10.1. The van der Waals surface area contributed by atoms with E-state index in [1.54, 1.807) is 11.3 Å². The number of carbonyl (C=O) groups is 1. The number of rotatable bonds is 4. The molecule has 0 aliphatic carbocycles. The molecule has 0 bridgehead atoms. The summed E-state index contributed by atoms with van der Waals surface area (Å²) in [5.41, 5.74) is 1.42. The van der Waals surface area contributed by atoms with E-state index >= 15 is 0 Å². The Balaban J connectivity index is 1.79. The predicted molar refractivity (Wildman–Crippen MR) is 96.1 cm³/mol. The lowest BCUT2D eigenvalue weighted by molar-refractivity contribution is -0.115. The molecular formula is C17H15F2N3OS2. The summed E-state index contributed by atoms with van der Waals surface area (Å²) >= 11 is 2.86. The van der Waals surface area contributed by atoms with E-state index in [0.29, 0.717) is 5.13 Å². The SMILES string of the molecule is Cc1nc(C)c(-c2nc(NC(=O)Cc3c(F)cccc3F)sc2C)s1. The molecule has 1 aromatic carbocycles. The molecule has 0 aliphatic heterocycles. The number of hydrogen-bond acceptors (Lipinski definition) is 5. The highest BCUT2D eigenvalue weighted by molar-refractivity contribution is 7.18. The van der Waals surface area contributed by atoms with E-state index in [1.165, 1.54) is 17.4 Å². The molecule has 0 radical (unpaired) electrons. The van der Waals surface area contributed by atoms with Crippen molar-refractivity contribution in [2.45, 2.75) is 27.2 Å². The van der Waals surface area contributed by atoms with Crippen molar-refractivity contribution >= 4 is 33.7 Å². The molecule has 3 rings (SSSR count). The normalized spacial score (nSPS) is 10.9. The second-order valence-electron chi connectivity index (χ2n) is 5.50. The van der Waals surface area contributed by atoms with Crippen LogP contribution in [0.25, 0.3) is 10.6 Å². The summed E-state index contributed by atoms with van der Waals surface area (Å²) in [5.74, 6) is -1.98. The molecule has 8 heteroatoms. The van der Waals surface area contributed by atoms with E-state index in [-0.39, 0.29) is 12.0 Å². The molecule has 25 heavy (non-hydrogen) atoms. The van der Waals surface area contributed by atoms with Crippen LogP contribution >= 0.6 is 22.7 Å². The molecule has 1 amide bonds. The van der Waals surface area contributed by atoms with E-state index in [1.807, 2.05) is 20.8 Å². The van der Waals surface area contributed by atoms with Gasteiger partial charge in [0.2, 0.25) is 5.91 Å². The maximum absolute atomic E-state index is 13.6. The van der Waals surface area contributed by atoms with Crippen LogP contribution in [-0.4, -0.2) is 15.9 Å². The minimum atomic E-state index is -0.734. The Morgan fingerprint density at radius 3 is 2.40 bits per heavy atom. The van der Waals surface area contributed by atoms with E-state index in [2.05, 4.69) is 15.3 Å². The average Bonchev–Trinajstić information content (AvgIpc) is 3.04. The van der Waals surface area contributed by atoms with Crippen LogP contribution in [0, 0.1) is 32.4 Å². The number of aromatic nitrogens is 2. The van der Waals surface area contributed by atoms with Crippen LogP contribution in [0.4, 0.5) is 13.9 Å². The minimum Gasteiger partial charge on any atom is -0.302 e. The van der Waals surface area contributed by atoms with Gasteiger partial charge in [-0.3, -0.25) is 4.79 Å². The first-order valence-electron chi connectivity index (χ1n) is 7.49. The van der Waals surface area contributed by atoms with Crippen LogP contribution < -0.4 is 5.32 Å². The maximum atomic E-state index is 13.6. The monoisotopic (exact) mass is 379 g/mol. The smallest absolute Gasteiger partial charge is 0.230 e. The summed E-state index contributed by atoms with van der Waals surface area (Å²) < 4.78 is 27.3. The van der Waals surface area contributed by atoms with Crippen LogP contribution in [0.5, 0.6) is 0 Å². The second-order valence-corrected chi connectivity index (χ2v) is 7.90. The number of nitrogens with zero attached hydrogens (tertiary/aromatic N) is 2. The van der Waals surface area contributed by atoms with Gasteiger partial charge < -0.3 is 5.32 Å². The molecule has 0 unspecified atom stereocenters. The highest BCUT2D eigenvalue weighted by Gasteiger charge is 2.18. The molecule has 0 atom stereocenters. The van der Waals surface area contributed by atoms with Crippen molar-refractivity contribution in [1.29, 1.82) is 0 Å². The third-order valence-electron chi connectivity index (χ3n) is 3.56. The topological polar surface area (TPSA) is 54.9 Å². The van der Waals surface area contributed by atoms with Gasteiger partial charge in [-0.25, -0.2) is 18.7 Å². The van der Waals surface area contributed by atoms with Gasteiger partial charge in [-0.05, 0) is 32.9 Å². The Morgan fingerprint density at radius 2 is 1.80 bits per heavy atom. The van der Waals surface area contributed by atoms with Gasteiger partial charge in [0.05, 0.1) is 27.7 Å². The second kappa shape index (κ2) is 6.97. The third kappa shape index (κ3) is 3.74. The van der Waals surface area contributed by atoms with E-state index in [4.69, 9.17) is 0 Å².